The van der Waals surface area contributed by atoms with Gasteiger partial charge in [-0.15, -0.1) is 0 Å². The minimum Gasteiger partial charge on any atom is -0.355 e. The van der Waals surface area contributed by atoms with Gasteiger partial charge >= 0.3 is 0 Å². The number of rotatable bonds is 6. The van der Waals surface area contributed by atoms with E-state index in [1.54, 1.807) is 0 Å². The molecule has 1 fully saturated rings. The Balaban J connectivity index is 2.18. The quantitative estimate of drug-likeness (QED) is 0.716. The lowest BCUT2D eigenvalue weighted by Crippen LogP contribution is -2.41. The molecule has 1 aliphatic rings. The number of amides is 1. The predicted octanol–water partition coefficient (Wildman–Crippen LogP) is 2.71. The first-order valence-corrected chi connectivity index (χ1v) is 7.59. The van der Waals surface area contributed by atoms with Gasteiger partial charge in [-0.1, -0.05) is 39.5 Å². The monoisotopic (exact) mass is 254 g/mol. The van der Waals surface area contributed by atoms with Crippen molar-refractivity contribution in [2.24, 2.45) is 11.8 Å². The maximum absolute atomic E-state index is 11.6. The largest absolute Gasteiger partial charge is 0.355 e. The molecule has 2 N–H and O–H groups in total. The van der Waals surface area contributed by atoms with E-state index in [1.807, 2.05) is 0 Å². The van der Waals surface area contributed by atoms with Crippen molar-refractivity contribution in [1.29, 1.82) is 0 Å². The third-order valence-corrected chi connectivity index (χ3v) is 3.90. The molecule has 1 atom stereocenters. The fraction of sp³-hybridized carbons (Fsp3) is 0.933. The average molecular weight is 254 g/mol. The summed E-state index contributed by atoms with van der Waals surface area (Å²) < 4.78 is 0. The van der Waals surface area contributed by atoms with Gasteiger partial charge < -0.3 is 10.6 Å². The molecular weight excluding hydrogens is 224 g/mol. The highest BCUT2D eigenvalue weighted by Crippen LogP contribution is 2.25. The number of carbonyl (C=O) groups excluding carboxylic acids is 1. The Labute approximate surface area is 112 Å². The molecule has 1 aliphatic carbocycles. The van der Waals surface area contributed by atoms with Crippen LogP contribution in [0.15, 0.2) is 0 Å². The molecule has 0 aliphatic heterocycles. The molecule has 1 saturated carbocycles. The fourth-order valence-electron chi connectivity index (χ4n) is 2.61. The Kier molecular flexibility index (Phi) is 7.33. The van der Waals surface area contributed by atoms with Crippen molar-refractivity contribution >= 4 is 5.91 Å². The number of carbonyl (C=O) groups is 1. The van der Waals surface area contributed by atoms with Crippen molar-refractivity contribution < 1.29 is 4.79 Å². The van der Waals surface area contributed by atoms with Crippen molar-refractivity contribution in [3.63, 3.8) is 0 Å². The molecule has 0 heterocycles. The summed E-state index contributed by atoms with van der Waals surface area (Å²) in [5.74, 6) is 1.41. The van der Waals surface area contributed by atoms with E-state index in [4.69, 9.17) is 0 Å². The van der Waals surface area contributed by atoms with E-state index in [9.17, 15) is 4.79 Å². The summed E-state index contributed by atoms with van der Waals surface area (Å²) in [4.78, 5) is 11.6. The van der Waals surface area contributed by atoms with Gasteiger partial charge in [-0.25, -0.2) is 0 Å². The zero-order valence-corrected chi connectivity index (χ0v) is 12.3. The molecule has 3 heteroatoms. The number of nitrogens with one attached hydrogen (secondary N) is 2. The van der Waals surface area contributed by atoms with Crippen LogP contribution in [0.2, 0.25) is 0 Å². The molecule has 1 rings (SSSR count). The van der Waals surface area contributed by atoms with Crippen LogP contribution >= 0.6 is 0 Å². The van der Waals surface area contributed by atoms with Crippen LogP contribution in [-0.4, -0.2) is 25.0 Å². The summed E-state index contributed by atoms with van der Waals surface area (Å²) in [6.07, 6.45) is 8.13. The van der Waals surface area contributed by atoms with Crippen LogP contribution in [0.25, 0.3) is 0 Å². The molecule has 0 spiro atoms. The van der Waals surface area contributed by atoms with Crippen LogP contribution < -0.4 is 10.6 Å². The summed E-state index contributed by atoms with van der Waals surface area (Å²) in [7, 11) is 0. The van der Waals surface area contributed by atoms with Crippen LogP contribution in [0.5, 0.6) is 0 Å². The van der Waals surface area contributed by atoms with Crippen molar-refractivity contribution in [3.8, 4) is 0 Å². The molecule has 106 valence electrons. The zero-order valence-electron chi connectivity index (χ0n) is 12.3. The predicted molar refractivity (Wildman–Crippen MR) is 76.5 cm³/mol. The van der Waals surface area contributed by atoms with E-state index in [0.29, 0.717) is 18.5 Å². The van der Waals surface area contributed by atoms with Crippen LogP contribution in [0.1, 0.15) is 59.3 Å². The fourth-order valence-corrected chi connectivity index (χ4v) is 2.61. The average Bonchev–Trinajstić information content (AvgIpc) is 2.62. The molecule has 3 nitrogen and oxygen atoms in total. The Bertz CT molecular complexity index is 233. The van der Waals surface area contributed by atoms with Gasteiger partial charge in [-0.2, -0.15) is 0 Å². The van der Waals surface area contributed by atoms with E-state index in [2.05, 4.69) is 31.4 Å². The highest BCUT2D eigenvalue weighted by Gasteiger charge is 2.19. The van der Waals surface area contributed by atoms with Crippen molar-refractivity contribution in [2.75, 3.05) is 13.1 Å². The molecule has 0 bridgehead atoms. The van der Waals surface area contributed by atoms with Gasteiger partial charge in [-0.05, 0) is 31.6 Å². The van der Waals surface area contributed by atoms with Gasteiger partial charge in [0.1, 0.15) is 0 Å². The van der Waals surface area contributed by atoms with Gasteiger partial charge in [0.25, 0.3) is 0 Å². The lowest BCUT2D eigenvalue weighted by atomic mass is 9.93. The van der Waals surface area contributed by atoms with Crippen LogP contribution in [0, 0.1) is 11.8 Å². The first-order valence-electron chi connectivity index (χ1n) is 7.59. The van der Waals surface area contributed by atoms with Gasteiger partial charge in [0.05, 0.1) is 6.54 Å². The molecule has 0 aromatic rings. The van der Waals surface area contributed by atoms with Crippen molar-refractivity contribution in [3.05, 3.63) is 0 Å². The SMILES string of the molecule is CC(C)CNC(=O)CN[C@@H](C)C1CCCCCC1. The highest BCUT2D eigenvalue weighted by molar-refractivity contribution is 5.77. The lowest BCUT2D eigenvalue weighted by Gasteiger charge is -2.23. The second-order valence-electron chi connectivity index (χ2n) is 6.12. The van der Waals surface area contributed by atoms with E-state index in [1.165, 1.54) is 38.5 Å². The van der Waals surface area contributed by atoms with E-state index < -0.39 is 0 Å². The van der Waals surface area contributed by atoms with E-state index in [-0.39, 0.29) is 5.91 Å². The first kappa shape index (κ1) is 15.5. The number of hydrogen-bond acceptors (Lipinski definition) is 2. The van der Waals surface area contributed by atoms with Gasteiger partial charge in [-0.3, -0.25) is 4.79 Å². The third kappa shape index (κ3) is 6.39. The Morgan fingerprint density at radius 2 is 1.72 bits per heavy atom. The zero-order chi connectivity index (χ0) is 13.4. The van der Waals surface area contributed by atoms with Crippen LogP contribution in [0.4, 0.5) is 0 Å². The second kappa shape index (κ2) is 8.52. The summed E-state index contributed by atoms with van der Waals surface area (Å²) in [6, 6.07) is 0.466. The molecule has 0 radical (unpaired) electrons. The third-order valence-electron chi connectivity index (χ3n) is 3.90. The molecular formula is C15H30N2O. The summed E-state index contributed by atoms with van der Waals surface area (Å²) >= 11 is 0. The van der Waals surface area contributed by atoms with Crippen molar-refractivity contribution in [1.82, 2.24) is 10.6 Å². The van der Waals surface area contributed by atoms with E-state index in [0.717, 1.165) is 12.5 Å². The first-order chi connectivity index (χ1) is 8.59. The molecule has 18 heavy (non-hydrogen) atoms. The number of hydrogen-bond donors (Lipinski definition) is 2. The van der Waals surface area contributed by atoms with E-state index >= 15 is 0 Å². The summed E-state index contributed by atoms with van der Waals surface area (Å²) in [5, 5.41) is 6.34. The maximum atomic E-state index is 11.6. The topological polar surface area (TPSA) is 41.1 Å². The minimum absolute atomic E-state index is 0.129. The molecule has 0 unspecified atom stereocenters. The molecule has 0 aromatic carbocycles. The molecule has 0 aromatic heterocycles. The summed E-state index contributed by atoms with van der Waals surface area (Å²) in [5.41, 5.74) is 0. The van der Waals surface area contributed by atoms with Crippen molar-refractivity contribution in [2.45, 2.75) is 65.3 Å². The minimum atomic E-state index is 0.129. The Hall–Kier alpha value is -0.570. The maximum Gasteiger partial charge on any atom is 0.233 e. The smallest absolute Gasteiger partial charge is 0.233 e. The summed E-state index contributed by atoms with van der Waals surface area (Å²) in [6.45, 7) is 7.69. The van der Waals surface area contributed by atoms with Crippen LogP contribution in [-0.2, 0) is 4.79 Å². The molecule has 0 saturated heterocycles. The van der Waals surface area contributed by atoms with Gasteiger partial charge in [0.2, 0.25) is 5.91 Å². The lowest BCUT2D eigenvalue weighted by molar-refractivity contribution is -0.120. The van der Waals surface area contributed by atoms with Gasteiger partial charge in [0.15, 0.2) is 0 Å². The second-order valence-corrected chi connectivity index (χ2v) is 6.12. The van der Waals surface area contributed by atoms with Gasteiger partial charge in [0, 0.05) is 12.6 Å². The Morgan fingerprint density at radius 1 is 1.11 bits per heavy atom. The Morgan fingerprint density at radius 3 is 2.28 bits per heavy atom. The highest BCUT2D eigenvalue weighted by atomic mass is 16.1. The normalized spacial score (nSPS) is 19.6. The molecule has 1 amide bonds. The standard InChI is InChI=1S/C15H30N2O/c1-12(2)10-17-15(18)11-16-13(3)14-8-6-4-5-7-9-14/h12-14,16H,4-11H2,1-3H3,(H,17,18)/t13-/m0/s1. The van der Waals surface area contributed by atoms with Crippen LogP contribution in [0.3, 0.4) is 0 Å².